The van der Waals surface area contributed by atoms with E-state index in [0.717, 1.165) is 18.7 Å². The number of aromatic nitrogens is 3. The summed E-state index contributed by atoms with van der Waals surface area (Å²) in [5, 5.41) is 5.66. The standard InChI is InChI=1S/C17H18Cl2N4O2S/c1-2-13-20-17-23(21-13)16(24)15(26-17)14(22-5-7-25-8-6-22)10-3-4-11(18)12(19)9-10/h3-4,9,14-15H,2,5-8H2,1H3. The highest BCUT2D eigenvalue weighted by Crippen LogP contribution is 2.42. The van der Waals surface area contributed by atoms with E-state index < -0.39 is 0 Å². The number of hydrogen-bond donors (Lipinski definition) is 0. The van der Waals surface area contributed by atoms with Crippen molar-refractivity contribution in [3.63, 3.8) is 0 Å². The van der Waals surface area contributed by atoms with Gasteiger partial charge in [0, 0.05) is 19.5 Å². The van der Waals surface area contributed by atoms with E-state index in [2.05, 4.69) is 15.0 Å². The lowest BCUT2D eigenvalue weighted by Gasteiger charge is -2.36. The van der Waals surface area contributed by atoms with Crippen LogP contribution in [0.25, 0.3) is 0 Å². The third-order valence-electron chi connectivity index (χ3n) is 4.63. The molecule has 0 aliphatic carbocycles. The monoisotopic (exact) mass is 412 g/mol. The second kappa shape index (κ2) is 7.48. The lowest BCUT2D eigenvalue weighted by molar-refractivity contribution is 0.0152. The van der Waals surface area contributed by atoms with Gasteiger partial charge in [-0.3, -0.25) is 9.69 Å². The first kappa shape index (κ1) is 18.3. The molecule has 2 atom stereocenters. The van der Waals surface area contributed by atoms with Crippen LogP contribution in [0.5, 0.6) is 0 Å². The Kier molecular flexibility index (Phi) is 5.25. The van der Waals surface area contributed by atoms with Crippen LogP contribution in [0.2, 0.25) is 10.0 Å². The molecular weight excluding hydrogens is 395 g/mol. The minimum Gasteiger partial charge on any atom is -0.379 e. The highest BCUT2D eigenvalue weighted by atomic mass is 35.5. The Morgan fingerprint density at radius 3 is 2.73 bits per heavy atom. The predicted octanol–water partition coefficient (Wildman–Crippen LogP) is 3.34. The third-order valence-corrected chi connectivity index (χ3v) is 6.56. The molecule has 26 heavy (non-hydrogen) atoms. The van der Waals surface area contributed by atoms with Gasteiger partial charge < -0.3 is 4.74 Å². The number of nitrogens with zero attached hydrogens (tertiary/aromatic N) is 4. The first-order valence-corrected chi connectivity index (χ1v) is 10.2. The normalized spacial score (nSPS) is 21.8. The molecule has 6 nitrogen and oxygen atoms in total. The third kappa shape index (κ3) is 3.27. The quantitative estimate of drug-likeness (QED) is 0.767. The summed E-state index contributed by atoms with van der Waals surface area (Å²) in [5.74, 6) is 0.650. The Morgan fingerprint density at radius 1 is 1.31 bits per heavy atom. The summed E-state index contributed by atoms with van der Waals surface area (Å²) in [4.78, 5) is 19.8. The summed E-state index contributed by atoms with van der Waals surface area (Å²) in [5.41, 5.74) is 0.966. The van der Waals surface area contributed by atoms with Gasteiger partial charge in [-0.2, -0.15) is 4.68 Å². The van der Waals surface area contributed by atoms with E-state index in [1.807, 2.05) is 19.1 Å². The Morgan fingerprint density at radius 2 is 2.08 bits per heavy atom. The Bertz CT molecular complexity index is 838. The van der Waals surface area contributed by atoms with Gasteiger partial charge in [0.1, 0.15) is 5.25 Å². The number of morpholine rings is 1. The van der Waals surface area contributed by atoms with Crippen LogP contribution in [0.4, 0.5) is 0 Å². The number of aryl methyl sites for hydroxylation is 1. The molecular formula is C17H18Cl2N4O2S. The highest BCUT2D eigenvalue weighted by Gasteiger charge is 2.43. The number of benzene rings is 1. The van der Waals surface area contributed by atoms with E-state index in [1.54, 1.807) is 6.07 Å². The van der Waals surface area contributed by atoms with Crippen molar-refractivity contribution in [3.05, 3.63) is 39.6 Å². The van der Waals surface area contributed by atoms with Gasteiger partial charge in [0.15, 0.2) is 11.0 Å². The molecule has 4 rings (SSSR count). The van der Waals surface area contributed by atoms with E-state index in [0.29, 0.717) is 40.7 Å². The number of carbonyl (C=O) groups is 1. The predicted molar refractivity (Wildman–Crippen MR) is 101 cm³/mol. The minimum absolute atomic E-state index is 0.0419. The van der Waals surface area contributed by atoms with Crippen LogP contribution in [-0.4, -0.2) is 57.1 Å². The average molecular weight is 413 g/mol. The smallest absolute Gasteiger partial charge is 0.264 e. The van der Waals surface area contributed by atoms with E-state index in [9.17, 15) is 4.79 Å². The van der Waals surface area contributed by atoms with Crippen molar-refractivity contribution < 1.29 is 9.53 Å². The molecule has 0 saturated carbocycles. The molecule has 1 fully saturated rings. The molecule has 1 aromatic heterocycles. The molecule has 2 aliphatic rings. The number of rotatable bonds is 4. The number of halogens is 2. The first-order chi connectivity index (χ1) is 12.6. The number of thioether (sulfide) groups is 1. The maximum atomic E-state index is 13.1. The summed E-state index contributed by atoms with van der Waals surface area (Å²) < 4.78 is 6.93. The topological polar surface area (TPSA) is 60.2 Å². The summed E-state index contributed by atoms with van der Waals surface area (Å²) in [6.07, 6.45) is 0.707. The molecule has 1 saturated heterocycles. The first-order valence-electron chi connectivity index (χ1n) is 8.52. The molecule has 0 spiro atoms. The largest absolute Gasteiger partial charge is 0.379 e. The van der Waals surface area contributed by atoms with Crippen molar-refractivity contribution in [3.8, 4) is 0 Å². The van der Waals surface area contributed by atoms with Crippen molar-refractivity contribution in [2.75, 3.05) is 26.3 Å². The molecule has 138 valence electrons. The summed E-state index contributed by atoms with van der Waals surface area (Å²) in [6, 6.07) is 5.43. The fraction of sp³-hybridized carbons (Fsp3) is 0.471. The zero-order valence-electron chi connectivity index (χ0n) is 14.2. The van der Waals surface area contributed by atoms with Crippen LogP contribution in [0.1, 0.15) is 29.1 Å². The van der Waals surface area contributed by atoms with Crippen LogP contribution in [0.15, 0.2) is 23.4 Å². The minimum atomic E-state index is -0.328. The van der Waals surface area contributed by atoms with Gasteiger partial charge in [0.2, 0.25) is 0 Å². The number of hydrogen-bond acceptors (Lipinski definition) is 6. The number of ether oxygens (including phenoxy) is 1. The molecule has 9 heteroatoms. The average Bonchev–Trinajstić information content (AvgIpc) is 3.19. The molecule has 2 unspecified atom stereocenters. The van der Waals surface area contributed by atoms with E-state index >= 15 is 0 Å². The second-order valence-corrected chi connectivity index (χ2v) is 8.14. The van der Waals surface area contributed by atoms with Crippen molar-refractivity contribution in [2.24, 2.45) is 0 Å². The van der Waals surface area contributed by atoms with Crippen molar-refractivity contribution in [1.29, 1.82) is 0 Å². The lowest BCUT2D eigenvalue weighted by atomic mass is 10.0. The molecule has 1 aromatic carbocycles. The highest BCUT2D eigenvalue weighted by molar-refractivity contribution is 8.00. The number of fused-ring (bicyclic) bond motifs is 1. The van der Waals surface area contributed by atoms with E-state index in [1.165, 1.54) is 16.4 Å². The summed E-state index contributed by atoms with van der Waals surface area (Å²) in [7, 11) is 0. The van der Waals surface area contributed by atoms with Gasteiger partial charge in [-0.15, -0.1) is 5.10 Å². The van der Waals surface area contributed by atoms with Gasteiger partial charge in [-0.1, -0.05) is 48.0 Å². The van der Waals surface area contributed by atoms with Crippen molar-refractivity contribution in [2.45, 2.75) is 29.8 Å². The maximum absolute atomic E-state index is 13.1. The number of carbonyl (C=O) groups excluding carboxylic acids is 1. The molecule has 2 aliphatic heterocycles. The van der Waals surface area contributed by atoms with Crippen LogP contribution >= 0.6 is 35.0 Å². The summed E-state index contributed by atoms with van der Waals surface area (Å²) in [6.45, 7) is 4.78. The van der Waals surface area contributed by atoms with Crippen LogP contribution in [0, 0.1) is 0 Å². The van der Waals surface area contributed by atoms with Crippen LogP contribution in [-0.2, 0) is 11.2 Å². The summed E-state index contributed by atoms with van der Waals surface area (Å²) >= 11 is 13.8. The van der Waals surface area contributed by atoms with Gasteiger partial charge in [-0.05, 0) is 17.7 Å². The Labute approximate surface area is 165 Å². The molecule has 2 aromatic rings. The molecule has 0 N–H and O–H groups in total. The van der Waals surface area contributed by atoms with Crippen LogP contribution in [0.3, 0.4) is 0 Å². The fourth-order valence-electron chi connectivity index (χ4n) is 3.32. The van der Waals surface area contributed by atoms with E-state index in [-0.39, 0.29) is 17.2 Å². The molecule has 3 heterocycles. The van der Waals surface area contributed by atoms with Gasteiger partial charge in [0.05, 0.1) is 29.3 Å². The lowest BCUT2D eigenvalue weighted by Crippen LogP contribution is -2.44. The zero-order valence-corrected chi connectivity index (χ0v) is 16.5. The molecule has 0 amide bonds. The maximum Gasteiger partial charge on any atom is 0.264 e. The van der Waals surface area contributed by atoms with Gasteiger partial charge in [0.25, 0.3) is 5.91 Å². The van der Waals surface area contributed by atoms with Crippen LogP contribution < -0.4 is 0 Å². The fourth-order valence-corrected chi connectivity index (χ4v) is 4.90. The molecule has 0 radical (unpaired) electrons. The van der Waals surface area contributed by atoms with E-state index in [4.69, 9.17) is 27.9 Å². The SMILES string of the molecule is CCc1nc2n(n1)C(=O)C(C(c1ccc(Cl)c(Cl)c1)N1CCOCC1)S2. The molecule has 0 bridgehead atoms. The Balaban J connectivity index is 1.70. The zero-order chi connectivity index (χ0) is 18.3. The van der Waals surface area contributed by atoms with Crippen molar-refractivity contribution in [1.82, 2.24) is 19.7 Å². The van der Waals surface area contributed by atoms with Crippen molar-refractivity contribution >= 4 is 40.9 Å². The van der Waals surface area contributed by atoms with Gasteiger partial charge >= 0.3 is 0 Å². The van der Waals surface area contributed by atoms with Gasteiger partial charge in [-0.25, -0.2) is 4.98 Å². The second-order valence-electron chi connectivity index (χ2n) is 6.22. The Hall–Kier alpha value is -1.12.